The highest BCUT2D eigenvalue weighted by Crippen LogP contribution is 2.36. The standard InChI is InChI=1S/C28H23Cl2I2N3O3S/c1-34-27(36)25(39-28(34)33-20-4-6-21(7-5-20)35-8-10-37-11-9-35)14-17-12-23(31)26(24(32)13-17)38-16-18-2-3-19(29)15-22(18)30/h2-7,12-15H,8-11,16H2,1H3/b25-14-,33-28?. The Hall–Kier alpha value is -1.51. The Morgan fingerprint density at radius 2 is 1.74 bits per heavy atom. The lowest BCUT2D eigenvalue weighted by Crippen LogP contribution is -2.36. The van der Waals surface area contributed by atoms with Crippen molar-refractivity contribution in [2.45, 2.75) is 6.61 Å². The van der Waals surface area contributed by atoms with Crippen molar-refractivity contribution in [2.24, 2.45) is 4.99 Å². The third kappa shape index (κ3) is 7.05. The molecule has 0 saturated carbocycles. The summed E-state index contributed by atoms with van der Waals surface area (Å²) < 4.78 is 13.4. The van der Waals surface area contributed by atoms with Gasteiger partial charge in [0, 0.05) is 41.4 Å². The Kier molecular flexibility index (Phi) is 9.66. The predicted molar refractivity (Wildman–Crippen MR) is 178 cm³/mol. The SMILES string of the molecule is CN1C(=O)/C(=C/c2cc(I)c(OCc3ccc(Cl)cc3Cl)c(I)c2)SC1=Nc1ccc(N2CCOCC2)cc1. The van der Waals surface area contributed by atoms with Crippen molar-refractivity contribution < 1.29 is 14.3 Å². The first kappa shape index (κ1) is 29.0. The number of anilines is 1. The molecule has 2 saturated heterocycles. The van der Waals surface area contributed by atoms with E-state index in [4.69, 9.17) is 37.7 Å². The van der Waals surface area contributed by atoms with Crippen LogP contribution in [0.2, 0.25) is 10.0 Å². The lowest BCUT2D eigenvalue weighted by atomic mass is 10.2. The fourth-order valence-electron chi connectivity index (χ4n) is 4.06. The second-order valence-electron chi connectivity index (χ2n) is 8.82. The summed E-state index contributed by atoms with van der Waals surface area (Å²) in [7, 11) is 1.75. The summed E-state index contributed by atoms with van der Waals surface area (Å²) in [5.74, 6) is 0.695. The van der Waals surface area contributed by atoms with Gasteiger partial charge in [-0.3, -0.25) is 9.69 Å². The van der Waals surface area contributed by atoms with Crippen molar-refractivity contribution in [2.75, 3.05) is 38.3 Å². The Bertz CT molecular complexity index is 1440. The van der Waals surface area contributed by atoms with E-state index in [1.807, 2.05) is 36.4 Å². The van der Waals surface area contributed by atoms with Gasteiger partial charge in [-0.05, 0) is 117 Å². The van der Waals surface area contributed by atoms with E-state index in [-0.39, 0.29) is 5.91 Å². The highest BCUT2D eigenvalue weighted by atomic mass is 127. The quantitative estimate of drug-likeness (QED) is 0.188. The van der Waals surface area contributed by atoms with Crippen LogP contribution in [0.5, 0.6) is 5.75 Å². The van der Waals surface area contributed by atoms with Gasteiger partial charge in [-0.25, -0.2) is 4.99 Å². The van der Waals surface area contributed by atoms with E-state index >= 15 is 0 Å². The Balaban J connectivity index is 1.29. The number of amidine groups is 1. The molecule has 202 valence electrons. The molecule has 2 aliphatic rings. The maximum atomic E-state index is 13.0. The molecule has 0 aromatic heterocycles. The van der Waals surface area contributed by atoms with E-state index in [0.29, 0.717) is 26.7 Å². The van der Waals surface area contributed by atoms with Crippen molar-refractivity contribution in [3.8, 4) is 5.75 Å². The molecule has 3 aromatic carbocycles. The minimum atomic E-state index is -0.0774. The van der Waals surface area contributed by atoms with Crippen molar-refractivity contribution in [1.82, 2.24) is 4.90 Å². The highest BCUT2D eigenvalue weighted by molar-refractivity contribution is 14.1. The monoisotopic (exact) mass is 805 g/mol. The second kappa shape index (κ2) is 13.0. The summed E-state index contributed by atoms with van der Waals surface area (Å²) in [5, 5.41) is 1.81. The fraction of sp³-hybridized carbons (Fsp3) is 0.214. The van der Waals surface area contributed by atoms with E-state index in [9.17, 15) is 4.79 Å². The molecule has 6 nitrogen and oxygen atoms in total. The summed E-state index contributed by atoms with van der Waals surface area (Å²) in [5.41, 5.74) is 3.74. The number of halogens is 4. The molecule has 39 heavy (non-hydrogen) atoms. The number of aliphatic imine (C=N–C) groups is 1. The van der Waals surface area contributed by atoms with Crippen molar-refractivity contribution >= 4 is 109 Å². The number of morpholine rings is 1. The fourth-order valence-corrected chi connectivity index (χ4v) is 7.64. The van der Waals surface area contributed by atoms with Gasteiger partial charge in [0.05, 0.1) is 30.9 Å². The lowest BCUT2D eigenvalue weighted by Gasteiger charge is -2.28. The summed E-state index contributed by atoms with van der Waals surface area (Å²) in [4.78, 5) is 22.3. The Labute approximate surface area is 269 Å². The summed E-state index contributed by atoms with van der Waals surface area (Å²) >= 11 is 18.2. The molecule has 0 bridgehead atoms. The number of thioether (sulfide) groups is 1. The molecule has 0 aliphatic carbocycles. The van der Waals surface area contributed by atoms with Crippen LogP contribution in [0.3, 0.4) is 0 Å². The zero-order chi connectivity index (χ0) is 27.5. The van der Waals surface area contributed by atoms with Gasteiger partial charge in [0.1, 0.15) is 12.4 Å². The predicted octanol–water partition coefficient (Wildman–Crippen LogP) is 7.85. The number of benzene rings is 3. The number of likely N-dealkylation sites (N-methyl/N-ethyl adjacent to an activating group) is 1. The van der Waals surface area contributed by atoms with Gasteiger partial charge in [-0.15, -0.1) is 0 Å². The van der Waals surface area contributed by atoms with Gasteiger partial charge in [0.25, 0.3) is 5.91 Å². The molecule has 0 atom stereocenters. The number of amides is 1. The summed E-state index contributed by atoms with van der Waals surface area (Å²) in [6.07, 6.45) is 1.90. The third-order valence-corrected chi connectivity index (χ3v) is 9.41. The molecule has 5 rings (SSSR count). The molecule has 0 spiro atoms. The molecule has 0 radical (unpaired) electrons. The van der Waals surface area contributed by atoms with E-state index in [1.165, 1.54) is 11.8 Å². The van der Waals surface area contributed by atoms with Crippen molar-refractivity contribution in [3.63, 3.8) is 0 Å². The third-order valence-electron chi connectivity index (χ3n) is 6.16. The molecule has 11 heteroatoms. The average molecular weight is 806 g/mol. The van der Waals surface area contributed by atoms with E-state index in [1.54, 1.807) is 24.1 Å². The minimum Gasteiger partial charge on any atom is -0.487 e. The second-order valence-corrected chi connectivity index (χ2v) is 13.0. The number of rotatable bonds is 6. The van der Waals surface area contributed by atoms with E-state index in [0.717, 1.165) is 61.7 Å². The van der Waals surface area contributed by atoms with Gasteiger partial charge >= 0.3 is 0 Å². The van der Waals surface area contributed by atoms with Crippen molar-refractivity contribution in [3.05, 3.63) is 87.8 Å². The number of carbonyl (C=O) groups excluding carboxylic acids is 1. The normalized spacial score (nSPS) is 17.9. The molecule has 3 aromatic rings. The average Bonchev–Trinajstić information content (AvgIpc) is 3.17. The van der Waals surface area contributed by atoms with Crippen LogP contribution in [-0.4, -0.2) is 49.3 Å². The number of nitrogens with zero attached hydrogens (tertiary/aromatic N) is 3. The molecule has 2 aliphatic heterocycles. The lowest BCUT2D eigenvalue weighted by molar-refractivity contribution is -0.121. The summed E-state index contributed by atoms with van der Waals surface area (Å²) in [6.45, 7) is 3.59. The van der Waals surface area contributed by atoms with Crippen LogP contribution in [0.4, 0.5) is 11.4 Å². The number of hydrogen-bond donors (Lipinski definition) is 0. The maximum absolute atomic E-state index is 13.0. The number of ether oxygens (including phenoxy) is 2. The number of carbonyl (C=O) groups is 1. The molecule has 1 amide bonds. The highest BCUT2D eigenvalue weighted by Gasteiger charge is 2.30. The van der Waals surface area contributed by atoms with E-state index in [2.05, 4.69) is 62.2 Å². The first-order valence-electron chi connectivity index (χ1n) is 12.0. The van der Waals surface area contributed by atoms with Gasteiger partial charge in [-0.2, -0.15) is 0 Å². The van der Waals surface area contributed by atoms with Gasteiger partial charge in [-0.1, -0.05) is 29.3 Å². The van der Waals surface area contributed by atoms with Gasteiger partial charge < -0.3 is 14.4 Å². The Morgan fingerprint density at radius 1 is 1.05 bits per heavy atom. The van der Waals surface area contributed by atoms with Crippen LogP contribution in [0.25, 0.3) is 6.08 Å². The summed E-state index contributed by atoms with van der Waals surface area (Å²) in [6, 6.07) is 17.5. The molecular weight excluding hydrogens is 783 g/mol. The van der Waals surface area contributed by atoms with Gasteiger partial charge in [0.15, 0.2) is 5.17 Å². The number of hydrogen-bond acceptors (Lipinski definition) is 6. The zero-order valence-corrected chi connectivity index (χ0v) is 27.4. The molecular formula is C28H23Cl2I2N3O3S. The van der Waals surface area contributed by atoms with Gasteiger partial charge in [0.2, 0.25) is 0 Å². The smallest absolute Gasteiger partial charge is 0.266 e. The van der Waals surface area contributed by atoms with Crippen molar-refractivity contribution in [1.29, 1.82) is 0 Å². The Morgan fingerprint density at radius 3 is 2.41 bits per heavy atom. The minimum absolute atomic E-state index is 0.0774. The zero-order valence-electron chi connectivity index (χ0n) is 20.8. The molecule has 2 heterocycles. The van der Waals surface area contributed by atoms with Crippen LogP contribution in [0.1, 0.15) is 11.1 Å². The molecule has 0 unspecified atom stereocenters. The maximum Gasteiger partial charge on any atom is 0.266 e. The largest absolute Gasteiger partial charge is 0.487 e. The van der Waals surface area contributed by atoms with Crippen LogP contribution in [0.15, 0.2) is 64.5 Å². The van der Waals surface area contributed by atoms with Crippen LogP contribution in [0, 0.1) is 7.14 Å². The topological polar surface area (TPSA) is 54.4 Å². The molecule has 2 fully saturated rings. The van der Waals surface area contributed by atoms with Crippen LogP contribution in [-0.2, 0) is 16.1 Å². The first-order chi connectivity index (χ1) is 18.8. The first-order valence-corrected chi connectivity index (χ1v) is 15.8. The van der Waals surface area contributed by atoms with E-state index < -0.39 is 0 Å². The van der Waals surface area contributed by atoms with Crippen LogP contribution >= 0.6 is 80.1 Å². The van der Waals surface area contributed by atoms with Crippen LogP contribution < -0.4 is 9.64 Å². The molecule has 0 N–H and O–H groups in total.